The highest BCUT2D eigenvalue weighted by molar-refractivity contribution is 7.92. The Balaban J connectivity index is 1.51. The van der Waals surface area contributed by atoms with Gasteiger partial charge in [0.25, 0.3) is 5.91 Å². The number of aromatic nitrogens is 2. The molecule has 1 aromatic heterocycles. The Morgan fingerprint density at radius 3 is 2.68 bits per heavy atom. The van der Waals surface area contributed by atoms with Crippen LogP contribution in [0.5, 0.6) is 5.75 Å². The Bertz CT molecular complexity index is 1210. The normalized spacial score (nSPS) is 15.8. The van der Waals surface area contributed by atoms with E-state index in [-0.39, 0.29) is 24.9 Å². The molecule has 1 aliphatic rings. The van der Waals surface area contributed by atoms with Crippen LogP contribution in [0.1, 0.15) is 11.5 Å². The number of hydrogen-bond acceptors (Lipinski definition) is 7. The molecule has 0 spiro atoms. The summed E-state index contributed by atoms with van der Waals surface area (Å²) < 4.78 is 37.0. The summed E-state index contributed by atoms with van der Waals surface area (Å²) in [6, 6.07) is 14.6. The van der Waals surface area contributed by atoms with E-state index in [4.69, 9.17) is 9.26 Å². The fraction of sp³-hybridized carbons (Fsp3) is 0.286. The largest absolute Gasteiger partial charge is 0.476 e. The molecule has 4 rings (SSSR count). The van der Waals surface area contributed by atoms with E-state index in [9.17, 15) is 13.2 Å². The number of hydrogen-bond donors (Lipinski definition) is 0. The first-order chi connectivity index (χ1) is 14.7. The smallest absolute Gasteiger partial charge is 0.265 e. The number of amides is 1. The molecular formula is C21H22N4O5S. The number of aryl methyl sites for hydroxylation is 1. The van der Waals surface area contributed by atoms with Gasteiger partial charge in [-0.15, -0.1) is 0 Å². The predicted molar refractivity (Wildman–Crippen MR) is 114 cm³/mol. The van der Waals surface area contributed by atoms with Crippen molar-refractivity contribution in [3.05, 3.63) is 60.0 Å². The van der Waals surface area contributed by atoms with Crippen molar-refractivity contribution in [3.8, 4) is 17.1 Å². The Morgan fingerprint density at radius 1 is 1.23 bits per heavy atom. The molecule has 2 aromatic carbocycles. The van der Waals surface area contributed by atoms with E-state index in [0.29, 0.717) is 17.3 Å². The molecule has 162 valence electrons. The maximum Gasteiger partial charge on any atom is 0.265 e. The Hall–Kier alpha value is -3.40. The summed E-state index contributed by atoms with van der Waals surface area (Å²) in [6.07, 6.45) is 0.116. The summed E-state index contributed by atoms with van der Waals surface area (Å²) in [6.45, 7) is 1.82. The van der Waals surface area contributed by atoms with Crippen molar-refractivity contribution in [3.63, 3.8) is 0 Å². The van der Waals surface area contributed by atoms with Crippen LogP contribution in [0.2, 0.25) is 0 Å². The van der Waals surface area contributed by atoms with Crippen LogP contribution in [0.15, 0.2) is 53.1 Å². The third kappa shape index (κ3) is 4.38. The number of carbonyl (C=O) groups is 1. The number of sulfonamides is 1. The van der Waals surface area contributed by atoms with Crippen LogP contribution in [-0.2, 0) is 21.4 Å². The van der Waals surface area contributed by atoms with Gasteiger partial charge < -0.3 is 14.2 Å². The van der Waals surface area contributed by atoms with Crippen molar-refractivity contribution in [2.75, 3.05) is 24.2 Å². The number of rotatable bonds is 5. The lowest BCUT2D eigenvalue weighted by atomic mass is 10.1. The molecule has 0 bridgehead atoms. The van der Waals surface area contributed by atoms with Gasteiger partial charge in [0.2, 0.25) is 21.7 Å². The third-order valence-corrected chi connectivity index (χ3v) is 6.05. The fourth-order valence-corrected chi connectivity index (χ4v) is 4.26. The van der Waals surface area contributed by atoms with Crippen molar-refractivity contribution in [1.82, 2.24) is 15.0 Å². The zero-order valence-electron chi connectivity index (χ0n) is 17.3. The van der Waals surface area contributed by atoms with E-state index in [1.165, 1.54) is 9.21 Å². The van der Waals surface area contributed by atoms with Crippen molar-refractivity contribution in [2.24, 2.45) is 0 Å². The second-order valence-electron chi connectivity index (χ2n) is 7.44. The van der Waals surface area contributed by atoms with E-state index in [2.05, 4.69) is 10.1 Å². The molecular weight excluding hydrogens is 420 g/mol. The molecule has 10 heteroatoms. The molecule has 0 unspecified atom stereocenters. The van der Waals surface area contributed by atoms with Gasteiger partial charge in [-0.2, -0.15) is 4.98 Å². The second kappa shape index (κ2) is 8.03. The average molecular weight is 442 g/mol. The molecule has 2 heterocycles. The van der Waals surface area contributed by atoms with Gasteiger partial charge in [-0.3, -0.25) is 9.10 Å². The molecule has 1 aliphatic heterocycles. The first kappa shape index (κ1) is 20.9. The highest BCUT2D eigenvalue weighted by atomic mass is 32.2. The minimum Gasteiger partial charge on any atom is -0.476 e. The molecule has 9 nitrogen and oxygen atoms in total. The van der Waals surface area contributed by atoms with Crippen LogP contribution in [0.25, 0.3) is 11.4 Å². The number of ether oxygens (including phenoxy) is 1. The first-order valence-electron chi connectivity index (χ1n) is 9.60. The minimum absolute atomic E-state index is 0.0676. The van der Waals surface area contributed by atoms with Crippen molar-refractivity contribution >= 4 is 21.6 Å². The molecule has 0 fully saturated rings. The minimum atomic E-state index is -3.59. The molecule has 0 N–H and O–H groups in total. The fourth-order valence-electron chi connectivity index (χ4n) is 3.35. The lowest BCUT2D eigenvalue weighted by Gasteiger charge is -2.35. The van der Waals surface area contributed by atoms with E-state index in [1.54, 1.807) is 25.2 Å². The molecule has 1 amide bonds. The summed E-state index contributed by atoms with van der Waals surface area (Å²) >= 11 is 0. The summed E-state index contributed by atoms with van der Waals surface area (Å²) in [5.74, 6) is 0.650. The topological polar surface area (TPSA) is 106 Å². The lowest BCUT2D eigenvalue weighted by molar-refractivity contribution is -0.138. The van der Waals surface area contributed by atoms with E-state index >= 15 is 0 Å². The number of anilines is 1. The number of fused-ring (bicyclic) bond motifs is 1. The van der Waals surface area contributed by atoms with Crippen LogP contribution in [-0.4, -0.2) is 55.3 Å². The molecule has 31 heavy (non-hydrogen) atoms. The van der Waals surface area contributed by atoms with Gasteiger partial charge >= 0.3 is 0 Å². The zero-order chi connectivity index (χ0) is 22.2. The summed E-state index contributed by atoms with van der Waals surface area (Å²) in [7, 11) is -2.02. The number of carbonyl (C=O) groups excluding carboxylic acids is 1. The quantitative estimate of drug-likeness (QED) is 0.596. The van der Waals surface area contributed by atoms with Crippen LogP contribution < -0.4 is 9.04 Å². The van der Waals surface area contributed by atoms with Crippen LogP contribution in [0.4, 0.5) is 5.69 Å². The molecule has 3 aromatic rings. The molecule has 0 saturated heterocycles. The van der Waals surface area contributed by atoms with Gasteiger partial charge in [0.15, 0.2) is 6.10 Å². The number of likely N-dealkylation sites (N-methyl/N-ethyl adjacent to an activating group) is 1. The van der Waals surface area contributed by atoms with E-state index in [1.807, 2.05) is 37.3 Å². The number of nitrogens with zero attached hydrogens (tertiary/aromatic N) is 4. The maximum absolute atomic E-state index is 13.0. The average Bonchev–Trinajstić information content (AvgIpc) is 3.20. The molecule has 0 radical (unpaired) electrons. The maximum atomic E-state index is 13.0. The highest BCUT2D eigenvalue weighted by Crippen LogP contribution is 2.36. The van der Waals surface area contributed by atoms with Crippen LogP contribution in [0, 0.1) is 6.92 Å². The van der Waals surface area contributed by atoms with Gasteiger partial charge in [0.1, 0.15) is 5.75 Å². The second-order valence-corrected chi connectivity index (χ2v) is 9.35. The molecule has 0 saturated carbocycles. The van der Waals surface area contributed by atoms with Gasteiger partial charge in [0, 0.05) is 12.6 Å². The summed E-state index contributed by atoms with van der Waals surface area (Å²) in [5.41, 5.74) is 2.12. The van der Waals surface area contributed by atoms with Crippen LogP contribution in [0.3, 0.4) is 0 Å². The van der Waals surface area contributed by atoms with E-state index in [0.717, 1.165) is 17.4 Å². The van der Waals surface area contributed by atoms with Gasteiger partial charge in [-0.1, -0.05) is 41.6 Å². The lowest BCUT2D eigenvalue weighted by Crippen LogP contribution is -2.50. The monoisotopic (exact) mass is 442 g/mol. The number of benzene rings is 2. The SMILES string of the molecule is Cc1ccc2c(c1)N(S(C)(=O)=O)C[C@@H](C(=O)N(C)Cc1nc(-c3ccccc3)no1)O2. The molecule has 1 atom stereocenters. The Labute approximate surface area is 180 Å². The first-order valence-corrected chi connectivity index (χ1v) is 11.5. The zero-order valence-corrected chi connectivity index (χ0v) is 18.2. The van der Waals surface area contributed by atoms with Gasteiger partial charge in [0.05, 0.1) is 25.0 Å². The highest BCUT2D eigenvalue weighted by Gasteiger charge is 2.36. The third-order valence-electron chi connectivity index (χ3n) is 4.91. The van der Waals surface area contributed by atoms with Gasteiger partial charge in [-0.25, -0.2) is 8.42 Å². The summed E-state index contributed by atoms with van der Waals surface area (Å²) in [5, 5.41) is 3.95. The standard InChI is InChI=1S/C21H22N4O5S/c1-14-9-10-17-16(11-14)25(31(3,27)28)12-18(29-17)21(26)24(2)13-19-22-20(23-30-19)15-7-5-4-6-8-15/h4-11,18H,12-13H2,1-3H3/t18-/m0/s1. The summed E-state index contributed by atoms with van der Waals surface area (Å²) in [4.78, 5) is 18.7. The van der Waals surface area contributed by atoms with Crippen molar-refractivity contribution in [2.45, 2.75) is 19.6 Å². The van der Waals surface area contributed by atoms with Crippen molar-refractivity contribution in [1.29, 1.82) is 0 Å². The van der Waals surface area contributed by atoms with Gasteiger partial charge in [-0.05, 0) is 24.6 Å². The Morgan fingerprint density at radius 2 is 1.97 bits per heavy atom. The van der Waals surface area contributed by atoms with Crippen molar-refractivity contribution < 1.29 is 22.5 Å². The van der Waals surface area contributed by atoms with Crippen LogP contribution >= 0.6 is 0 Å². The van der Waals surface area contributed by atoms with E-state index < -0.39 is 16.1 Å². The Kier molecular flexibility index (Phi) is 5.40. The predicted octanol–water partition coefficient (Wildman–Crippen LogP) is 2.23. The molecule has 0 aliphatic carbocycles.